The zero-order chi connectivity index (χ0) is 27.4. The number of hydrogen-bond acceptors (Lipinski definition) is 6. The van der Waals surface area contributed by atoms with Crippen molar-refractivity contribution in [2.45, 2.75) is 57.4 Å². The van der Waals surface area contributed by atoms with Crippen molar-refractivity contribution in [3.05, 3.63) is 82.1 Å². The lowest BCUT2D eigenvalue weighted by Gasteiger charge is -2.42. The summed E-state index contributed by atoms with van der Waals surface area (Å²) in [5.74, 6) is 6.63. The van der Waals surface area contributed by atoms with Crippen molar-refractivity contribution >= 4 is 40.9 Å². The molecule has 1 saturated carbocycles. The molecule has 0 bridgehead atoms. The van der Waals surface area contributed by atoms with E-state index in [1.54, 1.807) is 6.92 Å². The third kappa shape index (κ3) is 11.6. The smallest absolute Gasteiger partial charge is 0.249 e. The first kappa shape index (κ1) is 31.3. The van der Waals surface area contributed by atoms with Crippen molar-refractivity contribution in [1.82, 2.24) is 10.3 Å². The van der Waals surface area contributed by atoms with Crippen LogP contribution in [-0.4, -0.2) is 40.6 Å². The van der Waals surface area contributed by atoms with Gasteiger partial charge in [-0.05, 0) is 55.5 Å². The summed E-state index contributed by atoms with van der Waals surface area (Å²) in [5.41, 5.74) is 9.21. The SMILES string of the molecule is C/C(=C/N)NN.CC(C)(C)SCC(C1CC1)N1C(=O)COCC1c1ccc(Cl)cc1.Clc1ccccc1. The first-order valence-corrected chi connectivity index (χ1v) is 14.1. The summed E-state index contributed by atoms with van der Waals surface area (Å²) in [6.07, 6.45) is 3.86. The van der Waals surface area contributed by atoms with E-state index in [-0.39, 0.29) is 23.3 Å². The van der Waals surface area contributed by atoms with Crippen LogP contribution in [-0.2, 0) is 9.53 Å². The van der Waals surface area contributed by atoms with Crippen LogP contribution >= 0.6 is 35.0 Å². The van der Waals surface area contributed by atoms with Crippen LogP contribution in [0.3, 0.4) is 0 Å². The van der Waals surface area contributed by atoms with Gasteiger partial charge in [0.1, 0.15) is 6.61 Å². The standard InChI is InChI=1S/C19H26ClNO2S.C6H5Cl.C3H9N3/c1-19(2,3)24-12-17(14-4-5-14)21-16(10-23-11-18(21)22)13-6-8-15(20)9-7-13;7-6-4-2-1-3-5-6;1-3(2-4)6-5/h6-9,14,16-17H,4-5,10-12H2,1-3H3;1-5H;2,6H,4-5H2,1H3/b;;3-2-. The van der Waals surface area contributed by atoms with Crippen LogP contribution in [0.1, 0.15) is 52.1 Å². The zero-order valence-corrected chi connectivity index (χ0v) is 24.5. The molecule has 5 N–H and O–H groups in total. The summed E-state index contributed by atoms with van der Waals surface area (Å²) in [5, 5.41) is 1.51. The summed E-state index contributed by atoms with van der Waals surface area (Å²) in [4.78, 5) is 14.8. The molecule has 2 aliphatic rings. The predicted molar refractivity (Wildman–Crippen MR) is 157 cm³/mol. The first-order valence-electron chi connectivity index (χ1n) is 12.4. The Kier molecular flexibility index (Phi) is 13.1. The minimum atomic E-state index is -0.00492. The summed E-state index contributed by atoms with van der Waals surface area (Å²) in [7, 11) is 0. The van der Waals surface area contributed by atoms with Crippen molar-refractivity contribution in [1.29, 1.82) is 0 Å². The molecule has 1 heterocycles. The molecule has 6 nitrogen and oxygen atoms in total. The largest absolute Gasteiger partial charge is 0.403 e. The van der Waals surface area contributed by atoms with E-state index in [0.29, 0.717) is 18.6 Å². The van der Waals surface area contributed by atoms with E-state index in [2.05, 4.69) is 31.1 Å². The second-order valence-corrected chi connectivity index (χ2v) is 12.7. The van der Waals surface area contributed by atoms with Gasteiger partial charge in [-0.2, -0.15) is 11.8 Å². The van der Waals surface area contributed by atoms with E-state index < -0.39 is 0 Å². The van der Waals surface area contributed by atoms with Crippen LogP contribution in [0.2, 0.25) is 10.0 Å². The highest BCUT2D eigenvalue weighted by molar-refractivity contribution is 8.00. The molecule has 2 fully saturated rings. The van der Waals surface area contributed by atoms with Crippen LogP contribution in [0.5, 0.6) is 0 Å². The third-order valence-electron chi connectivity index (χ3n) is 5.80. The molecule has 2 atom stereocenters. The summed E-state index contributed by atoms with van der Waals surface area (Å²) >= 11 is 13.5. The first-order chi connectivity index (χ1) is 17.6. The van der Waals surface area contributed by atoms with Crippen molar-refractivity contribution in [3.63, 3.8) is 0 Å². The Morgan fingerprint density at radius 1 is 1.14 bits per heavy atom. The molecule has 1 amide bonds. The Morgan fingerprint density at radius 3 is 2.16 bits per heavy atom. The summed E-state index contributed by atoms with van der Waals surface area (Å²) < 4.78 is 5.78. The summed E-state index contributed by atoms with van der Waals surface area (Å²) in [6.45, 7) is 9.25. The molecule has 0 aromatic heterocycles. The maximum Gasteiger partial charge on any atom is 0.249 e. The lowest BCUT2D eigenvalue weighted by molar-refractivity contribution is -0.152. The van der Waals surface area contributed by atoms with E-state index in [1.165, 1.54) is 19.0 Å². The van der Waals surface area contributed by atoms with E-state index in [4.69, 9.17) is 39.5 Å². The van der Waals surface area contributed by atoms with E-state index >= 15 is 0 Å². The van der Waals surface area contributed by atoms with Gasteiger partial charge in [0.05, 0.1) is 12.6 Å². The molecule has 2 aromatic rings. The molecule has 37 heavy (non-hydrogen) atoms. The van der Waals surface area contributed by atoms with Gasteiger partial charge in [-0.3, -0.25) is 10.6 Å². The number of morpholine rings is 1. The second-order valence-electron chi connectivity index (χ2n) is 10.0. The van der Waals surface area contributed by atoms with Gasteiger partial charge in [-0.25, -0.2) is 0 Å². The highest BCUT2D eigenvalue weighted by Gasteiger charge is 2.43. The van der Waals surface area contributed by atoms with Gasteiger partial charge in [-0.1, -0.05) is 74.3 Å². The van der Waals surface area contributed by atoms with Gasteiger partial charge in [0.15, 0.2) is 0 Å². The highest BCUT2D eigenvalue weighted by Crippen LogP contribution is 2.42. The fourth-order valence-corrected chi connectivity index (χ4v) is 5.04. The minimum absolute atomic E-state index is 0.00492. The van der Waals surface area contributed by atoms with Crippen LogP contribution in [0.15, 0.2) is 66.5 Å². The molecular formula is C28H40Cl2N4O2S. The number of nitrogens with one attached hydrogen (secondary N) is 1. The number of hydrazine groups is 1. The van der Waals surface area contributed by atoms with Gasteiger partial charge >= 0.3 is 0 Å². The number of nitrogens with two attached hydrogens (primary N) is 2. The Balaban J connectivity index is 0.000000303. The Labute approximate surface area is 236 Å². The van der Waals surface area contributed by atoms with E-state index in [9.17, 15) is 4.79 Å². The van der Waals surface area contributed by atoms with E-state index in [0.717, 1.165) is 27.1 Å². The molecule has 204 valence electrons. The number of thioether (sulfide) groups is 1. The lowest BCUT2D eigenvalue weighted by Crippen LogP contribution is -2.51. The van der Waals surface area contributed by atoms with Gasteiger partial charge in [0.2, 0.25) is 5.91 Å². The normalized spacial score (nSPS) is 18.7. The van der Waals surface area contributed by atoms with Crippen LogP contribution < -0.4 is 17.0 Å². The van der Waals surface area contributed by atoms with Crippen LogP contribution in [0.4, 0.5) is 0 Å². The van der Waals surface area contributed by atoms with Crippen LogP contribution in [0, 0.1) is 5.92 Å². The average molecular weight is 568 g/mol. The molecule has 0 spiro atoms. The van der Waals surface area contributed by atoms with Crippen molar-refractivity contribution in [3.8, 4) is 0 Å². The maximum absolute atomic E-state index is 12.7. The molecule has 2 unspecified atom stereocenters. The number of halogens is 2. The number of rotatable bonds is 6. The van der Waals surface area contributed by atoms with Gasteiger partial charge in [0, 0.05) is 38.5 Å². The molecular weight excluding hydrogens is 527 g/mol. The van der Waals surface area contributed by atoms with E-state index in [1.807, 2.05) is 66.4 Å². The van der Waals surface area contributed by atoms with Gasteiger partial charge in [0.25, 0.3) is 0 Å². The number of nitrogens with zero attached hydrogens (tertiary/aromatic N) is 1. The number of allylic oxidation sites excluding steroid dienone is 1. The minimum Gasteiger partial charge on any atom is -0.403 e. The number of benzene rings is 2. The van der Waals surface area contributed by atoms with Crippen LogP contribution in [0.25, 0.3) is 0 Å². The van der Waals surface area contributed by atoms with Gasteiger partial charge in [-0.15, -0.1) is 0 Å². The number of carbonyl (C=O) groups is 1. The fourth-order valence-electron chi connectivity index (χ4n) is 3.67. The predicted octanol–water partition coefficient (Wildman–Crippen LogP) is 6.16. The topological polar surface area (TPSA) is 93.6 Å². The maximum atomic E-state index is 12.7. The highest BCUT2D eigenvalue weighted by atomic mass is 35.5. The fraction of sp³-hybridized carbons (Fsp3) is 0.464. The number of ether oxygens (including phenoxy) is 1. The number of carbonyl (C=O) groups excluding carboxylic acids is 1. The third-order valence-corrected chi connectivity index (χ3v) is 7.68. The van der Waals surface area contributed by atoms with Crippen molar-refractivity contribution in [2.24, 2.45) is 17.5 Å². The zero-order valence-electron chi connectivity index (χ0n) is 22.1. The molecule has 2 aromatic carbocycles. The number of amides is 1. The van der Waals surface area contributed by atoms with Gasteiger partial charge < -0.3 is 20.8 Å². The Hall–Kier alpha value is -1.90. The quantitative estimate of drug-likeness (QED) is 0.286. The summed E-state index contributed by atoms with van der Waals surface area (Å²) in [6, 6.07) is 17.6. The molecule has 9 heteroatoms. The molecule has 1 aliphatic carbocycles. The second kappa shape index (κ2) is 15.5. The monoisotopic (exact) mass is 566 g/mol. The molecule has 0 radical (unpaired) electrons. The lowest BCUT2D eigenvalue weighted by atomic mass is 10.0. The molecule has 4 rings (SSSR count). The Bertz CT molecular complexity index is 980. The van der Waals surface area contributed by atoms with Crippen molar-refractivity contribution < 1.29 is 9.53 Å². The van der Waals surface area contributed by atoms with Crippen molar-refractivity contribution in [2.75, 3.05) is 19.0 Å². The molecule has 1 aliphatic heterocycles. The molecule has 1 saturated heterocycles. The Morgan fingerprint density at radius 2 is 1.73 bits per heavy atom. The average Bonchev–Trinajstić information content (AvgIpc) is 3.71. The number of hydrogen-bond donors (Lipinski definition) is 3.